The van der Waals surface area contributed by atoms with Crippen molar-refractivity contribution in [1.82, 2.24) is 20.1 Å². The third-order valence-electron chi connectivity index (χ3n) is 5.10. The fraction of sp³-hybridized carbons (Fsp3) is 0.450. The van der Waals surface area contributed by atoms with E-state index >= 15 is 0 Å². The van der Waals surface area contributed by atoms with E-state index in [1.165, 1.54) is 5.56 Å². The van der Waals surface area contributed by atoms with E-state index in [1.807, 2.05) is 25.5 Å². The van der Waals surface area contributed by atoms with Gasteiger partial charge in [-0.1, -0.05) is 11.6 Å². The van der Waals surface area contributed by atoms with Crippen LogP contribution in [0.1, 0.15) is 24.8 Å². The summed E-state index contributed by atoms with van der Waals surface area (Å²) in [6, 6.07) is 5.97. The van der Waals surface area contributed by atoms with Gasteiger partial charge in [0.05, 0.1) is 12.1 Å². The van der Waals surface area contributed by atoms with Gasteiger partial charge >= 0.3 is 0 Å². The second kappa shape index (κ2) is 8.22. The minimum Gasteiger partial charge on any atom is -0.423 e. The summed E-state index contributed by atoms with van der Waals surface area (Å²) < 4.78 is 7.65. The number of anilines is 1. The average Bonchev–Trinajstić information content (AvgIpc) is 3.30. The Hall–Kier alpha value is -2.54. The van der Waals surface area contributed by atoms with Gasteiger partial charge in [0.15, 0.2) is 5.58 Å². The number of piperidine rings is 1. The van der Waals surface area contributed by atoms with Gasteiger partial charge in [0, 0.05) is 37.9 Å². The number of aromatic nitrogens is 3. The Morgan fingerprint density at radius 1 is 1.43 bits per heavy atom. The topological polar surface area (TPSA) is 76.2 Å². The van der Waals surface area contributed by atoms with Crippen molar-refractivity contribution in [2.24, 2.45) is 13.0 Å². The summed E-state index contributed by atoms with van der Waals surface area (Å²) in [5, 5.41) is 7.87. The van der Waals surface area contributed by atoms with Gasteiger partial charge in [0.2, 0.25) is 5.91 Å². The standard InChI is InChI=1S/C20H24ClN5O2/c1-25-12-14(11-23-25)4-2-8-22-19(27)15-5-3-9-26(13-15)20-24-17-10-16(21)6-7-18(17)28-20/h6-7,10-12,15H,2-5,8-9,13H2,1H3,(H,22,27). The lowest BCUT2D eigenvalue weighted by Gasteiger charge is -2.30. The van der Waals surface area contributed by atoms with Gasteiger partial charge in [0.1, 0.15) is 5.52 Å². The molecule has 0 spiro atoms. The van der Waals surface area contributed by atoms with E-state index in [0.29, 0.717) is 29.7 Å². The molecule has 1 amide bonds. The molecule has 1 fully saturated rings. The molecule has 8 heteroatoms. The van der Waals surface area contributed by atoms with E-state index in [1.54, 1.807) is 16.8 Å². The minimum atomic E-state index is -0.0502. The van der Waals surface area contributed by atoms with Crippen LogP contribution < -0.4 is 10.2 Å². The maximum absolute atomic E-state index is 12.6. The molecular formula is C20H24ClN5O2. The number of nitrogens with zero attached hydrogens (tertiary/aromatic N) is 4. The summed E-state index contributed by atoms with van der Waals surface area (Å²) in [4.78, 5) is 19.2. The zero-order valence-corrected chi connectivity index (χ0v) is 16.7. The molecule has 0 bridgehead atoms. The molecule has 148 valence electrons. The molecule has 3 heterocycles. The van der Waals surface area contributed by atoms with Crippen molar-refractivity contribution in [2.45, 2.75) is 25.7 Å². The van der Waals surface area contributed by atoms with Crippen molar-refractivity contribution in [2.75, 3.05) is 24.5 Å². The van der Waals surface area contributed by atoms with E-state index in [-0.39, 0.29) is 11.8 Å². The van der Waals surface area contributed by atoms with Crippen LogP contribution in [0.15, 0.2) is 35.0 Å². The van der Waals surface area contributed by atoms with Crippen molar-refractivity contribution in [1.29, 1.82) is 0 Å². The Kier molecular flexibility index (Phi) is 5.52. The lowest BCUT2D eigenvalue weighted by Crippen LogP contribution is -2.43. The molecule has 1 atom stereocenters. The molecule has 4 rings (SSSR count). The Morgan fingerprint density at radius 2 is 2.32 bits per heavy atom. The SMILES string of the molecule is Cn1cc(CCCNC(=O)C2CCCN(c3nc4cc(Cl)ccc4o3)C2)cn1. The second-order valence-electron chi connectivity index (χ2n) is 7.31. The largest absolute Gasteiger partial charge is 0.423 e. The Morgan fingerprint density at radius 3 is 3.14 bits per heavy atom. The monoisotopic (exact) mass is 401 g/mol. The quantitative estimate of drug-likeness (QED) is 0.642. The van der Waals surface area contributed by atoms with Gasteiger partial charge in [-0.2, -0.15) is 10.1 Å². The van der Waals surface area contributed by atoms with Gasteiger partial charge in [-0.05, 0) is 49.4 Å². The minimum absolute atomic E-state index is 0.0502. The maximum atomic E-state index is 12.6. The van der Waals surface area contributed by atoms with Crippen LogP contribution in [0.4, 0.5) is 6.01 Å². The fourth-order valence-corrected chi connectivity index (χ4v) is 3.80. The summed E-state index contributed by atoms with van der Waals surface area (Å²) in [5.41, 5.74) is 2.64. The number of oxazole rings is 1. The molecule has 1 aromatic carbocycles. The highest BCUT2D eigenvalue weighted by Gasteiger charge is 2.28. The van der Waals surface area contributed by atoms with Crippen LogP contribution in [0.3, 0.4) is 0 Å². The van der Waals surface area contributed by atoms with Crippen molar-refractivity contribution in [3.8, 4) is 0 Å². The third kappa shape index (κ3) is 4.30. The first-order valence-electron chi connectivity index (χ1n) is 9.65. The van der Waals surface area contributed by atoms with Gasteiger partial charge in [-0.15, -0.1) is 0 Å². The predicted molar refractivity (Wildman–Crippen MR) is 108 cm³/mol. The fourth-order valence-electron chi connectivity index (χ4n) is 3.64. The number of hydrogen-bond acceptors (Lipinski definition) is 5. The summed E-state index contributed by atoms with van der Waals surface area (Å²) in [7, 11) is 1.91. The Bertz CT molecular complexity index is 967. The Balaban J connectivity index is 1.30. The number of hydrogen-bond donors (Lipinski definition) is 1. The molecule has 0 radical (unpaired) electrons. The first kappa shape index (κ1) is 18.8. The normalized spacial score (nSPS) is 17.2. The molecule has 1 N–H and O–H groups in total. The highest BCUT2D eigenvalue weighted by Crippen LogP contribution is 2.28. The number of fused-ring (bicyclic) bond motifs is 1. The van der Waals surface area contributed by atoms with E-state index in [4.69, 9.17) is 16.0 Å². The van der Waals surface area contributed by atoms with Crippen LogP contribution in [-0.2, 0) is 18.3 Å². The highest BCUT2D eigenvalue weighted by molar-refractivity contribution is 6.31. The number of nitrogens with one attached hydrogen (secondary N) is 1. The van der Waals surface area contributed by atoms with Crippen molar-refractivity contribution in [3.63, 3.8) is 0 Å². The summed E-state index contributed by atoms with van der Waals surface area (Å²) in [6.45, 7) is 2.13. The number of halogens is 1. The van der Waals surface area contributed by atoms with Gasteiger partial charge in [0.25, 0.3) is 6.01 Å². The summed E-state index contributed by atoms with van der Waals surface area (Å²) in [6.07, 6.45) is 7.52. The van der Waals surface area contributed by atoms with Crippen LogP contribution in [0.25, 0.3) is 11.1 Å². The lowest BCUT2D eigenvalue weighted by atomic mass is 9.97. The molecule has 0 aliphatic carbocycles. The number of carbonyl (C=O) groups excluding carboxylic acids is 1. The van der Waals surface area contributed by atoms with Crippen LogP contribution in [0.2, 0.25) is 5.02 Å². The zero-order valence-electron chi connectivity index (χ0n) is 15.9. The maximum Gasteiger partial charge on any atom is 0.298 e. The summed E-state index contributed by atoms with van der Waals surface area (Å²) in [5.74, 6) is 0.0563. The predicted octanol–water partition coefficient (Wildman–Crippen LogP) is 3.18. The van der Waals surface area contributed by atoms with Gasteiger partial charge in [-0.3, -0.25) is 9.48 Å². The van der Waals surface area contributed by atoms with Crippen molar-refractivity contribution >= 4 is 34.6 Å². The molecule has 0 saturated carbocycles. The molecule has 7 nitrogen and oxygen atoms in total. The van der Waals surface area contributed by atoms with Gasteiger partial charge in [-0.25, -0.2) is 0 Å². The van der Waals surface area contributed by atoms with Gasteiger partial charge < -0.3 is 14.6 Å². The molecule has 2 aromatic heterocycles. The van der Waals surface area contributed by atoms with Crippen molar-refractivity contribution in [3.05, 3.63) is 41.2 Å². The number of aryl methyl sites for hydroxylation is 2. The Labute approximate surface area is 168 Å². The van der Waals surface area contributed by atoms with E-state index in [2.05, 4.69) is 20.3 Å². The van der Waals surface area contributed by atoms with Crippen LogP contribution in [-0.4, -0.2) is 40.3 Å². The lowest BCUT2D eigenvalue weighted by molar-refractivity contribution is -0.125. The highest BCUT2D eigenvalue weighted by atomic mass is 35.5. The summed E-state index contributed by atoms with van der Waals surface area (Å²) >= 11 is 6.03. The molecule has 28 heavy (non-hydrogen) atoms. The van der Waals surface area contributed by atoms with E-state index in [9.17, 15) is 4.79 Å². The van der Waals surface area contributed by atoms with Crippen LogP contribution in [0, 0.1) is 5.92 Å². The number of carbonyl (C=O) groups is 1. The number of benzene rings is 1. The zero-order chi connectivity index (χ0) is 19.5. The molecule has 1 unspecified atom stereocenters. The van der Waals surface area contributed by atoms with Crippen LogP contribution in [0.5, 0.6) is 0 Å². The first-order chi connectivity index (χ1) is 13.6. The number of rotatable bonds is 6. The molecule has 1 aliphatic rings. The molecule has 1 aliphatic heterocycles. The smallest absolute Gasteiger partial charge is 0.298 e. The average molecular weight is 402 g/mol. The molecular weight excluding hydrogens is 378 g/mol. The second-order valence-corrected chi connectivity index (χ2v) is 7.75. The molecule has 1 saturated heterocycles. The first-order valence-corrected chi connectivity index (χ1v) is 10.0. The molecule has 3 aromatic rings. The number of amides is 1. The third-order valence-corrected chi connectivity index (χ3v) is 5.34. The van der Waals surface area contributed by atoms with E-state index in [0.717, 1.165) is 37.7 Å². The van der Waals surface area contributed by atoms with Crippen molar-refractivity contribution < 1.29 is 9.21 Å². The van der Waals surface area contributed by atoms with E-state index < -0.39 is 0 Å². The van der Waals surface area contributed by atoms with Crippen LogP contribution >= 0.6 is 11.6 Å².